The van der Waals surface area contributed by atoms with Crippen LogP contribution in [0, 0.1) is 0 Å². The molecule has 0 radical (unpaired) electrons. The van der Waals surface area contributed by atoms with E-state index in [-0.39, 0.29) is 0 Å². The summed E-state index contributed by atoms with van der Waals surface area (Å²) in [6.45, 7) is -3.32. The molecule has 0 unspecified atom stereocenters. The summed E-state index contributed by atoms with van der Waals surface area (Å²) in [5, 5.41) is 196. The number of nitrogens with one attached hydrogen (secondary N) is 2. The zero-order valence-electron chi connectivity index (χ0n) is 38.9. The summed E-state index contributed by atoms with van der Waals surface area (Å²) in [5.74, 6) is -1.55. The minimum Gasteiger partial charge on any atom is -0.394 e. The van der Waals surface area contributed by atoms with Gasteiger partial charge in [-0.25, -0.2) is 0 Å². The van der Waals surface area contributed by atoms with Gasteiger partial charge in [0.1, 0.15) is 146 Å². The van der Waals surface area contributed by atoms with Crippen LogP contribution in [-0.4, -0.2) is 327 Å². The molecule has 0 saturated carbocycles. The van der Waals surface area contributed by atoms with Crippen LogP contribution in [0.5, 0.6) is 0 Å². The molecule has 73 heavy (non-hydrogen) atoms. The molecule has 6 fully saturated rings. The highest BCUT2D eigenvalue weighted by atomic mass is 16.8. The van der Waals surface area contributed by atoms with E-state index in [1.54, 1.807) is 0 Å². The summed E-state index contributed by atoms with van der Waals surface area (Å²) in [5.41, 5.74) is 0. The van der Waals surface area contributed by atoms with Gasteiger partial charge < -0.3 is 155 Å². The molecule has 6 saturated heterocycles. The lowest BCUT2D eigenvalue weighted by molar-refractivity contribution is -0.385. The van der Waals surface area contributed by atoms with E-state index in [4.69, 9.17) is 52.1 Å². The maximum absolute atomic E-state index is 12.6. The smallest absolute Gasteiger partial charge is 0.217 e. The van der Waals surface area contributed by atoms with Crippen molar-refractivity contribution >= 4 is 11.8 Å². The number of hydrogen-bond acceptors (Lipinski definition) is 31. The van der Waals surface area contributed by atoms with Crippen LogP contribution >= 0.6 is 0 Å². The van der Waals surface area contributed by atoms with Crippen LogP contribution in [0.3, 0.4) is 0 Å². The Morgan fingerprint density at radius 3 is 1.16 bits per heavy atom. The molecule has 33 nitrogen and oxygen atoms in total. The molecular weight excluding hydrogens is 1000 g/mol. The topological polar surface area (TPSA) is 524 Å². The maximum Gasteiger partial charge on any atom is 0.217 e. The predicted molar refractivity (Wildman–Crippen MR) is 222 cm³/mol. The van der Waals surface area contributed by atoms with Gasteiger partial charge in [-0.1, -0.05) is 0 Å². The van der Waals surface area contributed by atoms with Crippen molar-refractivity contribution in [2.24, 2.45) is 0 Å². The molecule has 6 aliphatic rings. The molecule has 0 aromatic heterocycles. The van der Waals surface area contributed by atoms with Crippen molar-refractivity contribution in [2.75, 3.05) is 39.6 Å². The first-order valence-electron chi connectivity index (χ1n) is 23.1. The van der Waals surface area contributed by atoms with Gasteiger partial charge in [0, 0.05) is 13.8 Å². The van der Waals surface area contributed by atoms with E-state index in [2.05, 4.69) is 10.6 Å². The van der Waals surface area contributed by atoms with Gasteiger partial charge in [0.05, 0.1) is 39.6 Å². The largest absolute Gasteiger partial charge is 0.394 e. The molecule has 6 heterocycles. The van der Waals surface area contributed by atoms with Crippen LogP contribution in [0.1, 0.15) is 13.8 Å². The summed E-state index contributed by atoms with van der Waals surface area (Å²) in [6.07, 6.45) is -53.1. The fraction of sp³-hybridized carbons (Fsp3) is 0.950. The first-order chi connectivity index (χ1) is 34.5. The number of carbonyl (C=O) groups is 2. The van der Waals surface area contributed by atoms with Crippen molar-refractivity contribution in [3.8, 4) is 0 Å². The molecule has 0 aliphatic carbocycles. The van der Waals surface area contributed by atoms with E-state index in [0.29, 0.717) is 0 Å². The van der Waals surface area contributed by atoms with E-state index >= 15 is 0 Å². The van der Waals surface area contributed by atoms with E-state index in [0.717, 1.165) is 13.8 Å². The van der Waals surface area contributed by atoms with Crippen LogP contribution in [0.2, 0.25) is 0 Å². The van der Waals surface area contributed by atoms with Gasteiger partial charge in [-0.05, 0) is 0 Å². The Morgan fingerprint density at radius 2 is 0.699 bits per heavy atom. The Kier molecular flexibility index (Phi) is 21.3. The van der Waals surface area contributed by atoms with E-state index in [1.807, 2.05) is 0 Å². The van der Waals surface area contributed by atoms with Crippen molar-refractivity contribution in [1.29, 1.82) is 0 Å². The first kappa shape index (κ1) is 60.0. The second-order valence-corrected chi connectivity index (χ2v) is 18.3. The minimum absolute atomic E-state index is 0.716. The second-order valence-electron chi connectivity index (χ2n) is 18.3. The lowest BCUT2D eigenvalue weighted by Crippen LogP contribution is -2.70. The summed E-state index contributed by atoms with van der Waals surface area (Å²) in [6, 6.07) is -3.28. The van der Waals surface area contributed by atoms with Gasteiger partial charge in [0.15, 0.2) is 37.7 Å². The third-order valence-electron chi connectivity index (χ3n) is 13.2. The molecule has 0 aromatic carbocycles. The highest BCUT2D eigenvalue weighted by Gasteiger charge is 2.57. The number of ether oxygens (including phenoxy) is 11. The van der Waals surface area contributed by atoms with Gasteiger partial charge in [-0.3, -0.25) is 9.59 Å². The molecule has 6 rings (SSSR count). The highest BCUT2D eigenvalue weighted by molar-refractivity contribution is 5.73. The van der Waals surface area contributed by atoms with Crippen molar-refractivity contribution in [3.63, 3.8) is 0 Å². The molecule has 0 bridgehead atoms. The number of amides is 2. The van der Waals surface area contributed by atoms with Gasteiger partial charge in [0.25, 0.3) is 0 Å². The number of aliphatic hydroxyl groups excluding tert-OH is 18. The number of rotatable bonds is 18. The molecule has 0 spiro atoms. The molecule has 0 aromatic rings. The van der Waals surface area contributed by atoms with Crippen LogP contribution in [0.25, 0.3) is 0 Å². The molecular formula is C40H68N2O31. The van der Waals surface area contributed by atoms with Crippen molar-refractivity contribution in [1.82, 2.24) is 10.6 Å². The average Bonchev–Trinajstić information content (AvgIpc) is 3.35. The van der Waals surface area contributed by atoms with Crippen molar-refractivity contribution < 1.29 is 154 Å². The lowest BCUT2D eigenvalue weighted by atomic mass is 9.94. The van der Waals surface area contributed by atoms with Crippen LogP contribution in [0.4, 0.5) is 0 Å². The Hall–Kier alpha value is -2.22. The standard InChI is InChI=1S/C40H68N2O31/c1-9(47)41-17-23(53)32(13(5-45)65-35(17)62)71-36-18(42-10(2)48)24(54)33(14(6-46)68-36)72-40-31(61)34(22(52)16(70-40)8-64-38-29(59)26(56)20(50)12(4-44)67-38)73-39-30(60)27(57)21(51)15(69-39)7-63-37-28(58)25(55)19(49)11(3-43)66-37/h11-40,43-46,49-62H,3-8H2,1-2H3,(H,41,47)(H,42,48)/t11-,12-,13-,14-,15-,16-,17-,18-,19-,20-,21-,22-,23-,24-,25+,26+,27+,28+,29+,30+,31+,32-,33-,34+,35-,36+,37-,38+,39+,40+/m1/s1. The van der Waals surface area contributed by atoms with Crippen molar-refractivity contribution in [3.05, 3.63) is 0 Å². The quantitative estimate of drug-likeness (QED) is 0.0606. The number of hydrogen-bond donors (Lipinski definition) is 20. The van der Waals surface area contributed by atoms with Gasteiger partial charge in [-0.2, -0.15) is 0 Å². The fourth-order valence-corrected chi connectivity index (χ4v) is 9.11. The minimum atomic E-state index is -2.29. The molecule has 424 valence electrons. The predicted octanol–water partition coefficient (Wildman–Crippen LogP) is -13.8. The zero-order chi connectivity index (χ0) is 53.9. The highest BCUT2D eigenvalue weighted by Crippen LogP contribution is 2.36. The van der Waals surface area contributed by atoms with Crippen LogP contribution in [0.15, 0.2) is 0 Å². The number of carbonyl (C=O) groups excluding carboxylic acids is 2. The summed E-state index contributed by atoms with van der Waals surface area (Å²) >= 11 is 0. The van der Waals surface area contributed by atoms with Crippen LogP contribution in [-0.2, 0) is 61.7 Å². The van der Waals surface area contributed by atoms with Crippen LogP contribution < -0.4 is 10.6 Å². The monoisotopic (exact) mass is 1070 g/mol. The lowest BCUT2D eigenvalue weighted by Gasteiger charge is -2.50. The zero-order valence-corrected chi connectivity index (χ0v) is 38.9. The SMILES string of the molecule is CC(=O)N[C@@H]1[C@@H](O)[C@H](O[C@@H]2O[C@H](CO)[C@@H](O[C@@H]3O[C@H](CO[C@H]4O[C@H](CO)[C@@H](O)[C@H](O)[C@@H]4O)[C@@H](O)[C@H](O[C@@H]4O[C@H](CO[C@@H]5O[C@H](CO)[C@@H](O)[C@H](O)[C@@H]5O)[C@@H](O)[C@H](O)[C@@H]4O)[C@@H]3O)[C@H](O)[C@H]2NC(C)=O)[C@@H](CO)O[C@H]1O. The molecule has 2 amide bonds. The van der Waals surface area contributed by atoms with E-state index in [9.17, 15) is 102 Å². The van der Waals surface area contributed by atoms with Crippen molar-refractivity contribution in [2.45, 2.75) is 198 Å². The first-order valence-corrected chi connectivity index (χ1v) is 23.1. The third-order valence-corrected chi connectivity index (χ3v) is 13.2. The van der Waals surface area contributed by atoms with Gasteiger partial charge in [-0.15, -0.1) is 0 Å². The second kappa shape index (κ2) is 26.0. The summed E-state index contributed by atoms with van der Waals surface area (Å²) in [7, 11) is 0. The molecule has 30 atom stereocenters. The Balaban J connectivity index is 1.25. The molecule has 6 aliphatic heterocycles. The summed E-state index contributed by atoms with van der Waals surface area (Å²) < 4.78 is 62.3. The number of aliphatic hydroxyl groups is 18. The van der Waals surface area contributed by atoms with E-state index < -0.39 is 236 Å². The van der Waals surface area contributed by atoms with Gasteiger partial charge in [0.2, 0.25) is 11.8 Å². The Labute approximate surface area is 413 Å². The summed E-state index contributed by atoms with van der Waals surface area (Å²) in [4.78, 5) is 24.4. The normalized spacial score (nSPS) is 49.8. The average molecular weight is 1070 g/mol. The Bertz CT molecular complexity index is 1750. The molecule has 33 heteroatoms. The molecule has 20 N–H and O–H groups in total. The van der Waals surface area contributed by atoms with E-state index in [1.165, 1.54) is 0 Å². The third kappa shape index (κ3) is 13.2. The maximum atomic E-state index is 12.6. The fourth-order valence-electron chi connectivity index (χ4n) is 9.11. The van der Waals surface area contributed by atoms with Gasteiger partial charge >= 0.3 is 0 Å². The Morgan fingerprint density at radius 1 is 0.356 bits per heavy atom.